The standard InChI is InChI=1S/C25H34O6/c1-6-25(4,5)24(29)31-20-11-15(3)23(28)19-9-7-14(2)18(22(19)20)10-8-17-12-16(26)13-21(27)30-17/h7,9,15-17,20,26H,6,8,10-13H2,1-5H3/t15-,16-,17-,20+/m1/s1. The van der Waals surface area contributed by atoms with Crippen molar-refractivity contribution in [1.29, 1.82) is 0 Å². The zero-order valence-corrected chi connectivity index (χ0v) is 19.2. The van der Waals surface area contributed by atoms with Gasteiger partial charge in [-0.15, -0.1) is 0 Å². The Morgan fingerprint density at radius 3 is 2.61 bits per heavy atom. The van der Waals surface area contributed by atoms with Gasteiger partial charge in [-0.1, -0.05) is 26.0 Å². The van der Waals surface area contributed by atoms with Crippen LogP contribution in [0.3, 0.4) is 0 Å². The number of aryl methyl sites for hydroxylation is 1. The fraction of sp³-hybridized carbons (Fsp3) is 0.640. The maximum absolute atomic E-state index is 12.9. The zero-order chi connectivity index (χ0) is 22.9. The van der Waals surface area contributed by atoms with Crippen LogP contribution in [0.4, 0.5) is 0 Å². The van der Waals surface area contributed by atoms with E-state index in [-0.39, 0.29) is 36.2 Å². The summed E-state index contributed by atoms with van der Waals surface area (Å²) in [6.45, 7) is 9.55. The van der Waals surface area contributed by atoms with Gasteiger partial charge in [-0.25, -0.2) is 0 Å². The average molecular weight is 431 g/mol. The molecule has 1 aliphatic carbocycles. The summed E-state index contributed by atoms with van der Waals surface area (Å²) in [7, 11) is 0. The number of Topliss-reactive ketones (excluding diaryl/α,β-unsaturated/α-hetero) is 1. The number of cyclic esters (lactones) is 1. The molecule has 0 spiro atoms. The van der Waals surface area contributed by atoms with Crippen LogP contribution < -0.4 is 0 Å². The minimum absolute atomic E-state index is 0.0356. The molecular weight excluding hydrogens is 396 g/mol. The van der Waals surface area contributed by atoms with Crippen molar-refractivity contribution in [2.75, 3.05) is 0 Å². The number of hydrogen-bond donors (Lipinski definition) is 1. The molecule has 0 unspecified atom stereocenters. The Morgan fingerprint density at radius 2 is 1.97 bits per heavy atom. The number of hydrogen-bond acceptors (Lipinski definition) is 6. The molecular formula is C25H34O6. The van der Waals surface area contributed by atoms with Crippen LogP contribution in [0.15, 0.2) is 12.1 Å². The van der Waals surface area contributed by atoms with Crippen molar-refractivity contribution in [1.82, 2.24) is 0 Å². The highest BCUT2D eigenvalue weighted by Crippen LogP contribution is 2.41. The molecule has 0 bridgehead atoms. The van der Waals surface area contributed by atoms with Gasteiger partial charge in [-0.3, -0.25) is 14.4 Å². The molecule has 3 rings (SSSR count). The lowest BCUT2D eigenvalue weighted by molar-refractivity contribution is -0.162. The first-order chi connectivity index (χ1) is 14.5. The summed E-state index contributed by atoms with van der Waals surface area (Å²) in [6.07, 6.45) is 1.19. The normalized spacial score (nSPS) is 26.3. The largest absolute Gasteiger partial charge is 0.462 e. The molecule has 1 aromatic carbocycles. The summed E-state index contributed by atoms with van der Waals surface area (Å²) in [5.74, 6) is -0.796. The lowest BCUT2D eigenvalue weighted by Crippen LogP contribution is -2.34. The first kappa shape index (κ1) is 23.5. The predicted octanol–water partition coefficient (Wildman–Crippen LogP) is 4.24. The van der Waals surface area contributed by atoms with Gasteiger partial charge in [0, 0.05) is 23.5 Å². The van der Waals surface area contributed by atoms with Gasteiger partial charge < -0.3 is 14.6 Å². The second-order valence-corrected chi connectivity index (χ2v) is 9.70. The number of aliphatic hydroxyl groups is 1. The third-order valence-electron chi connectivity index (χ3n) is 6.83. The fourth-order valence-corrected chi connectivity index (χ4v) is 4.38. The highest BCUT2D eigenvalue weighted by atomic mass is 16.6. The van der Waals surface area contributed by atoms with Gasteiger partial charge in [0.1, 0.15) is 12.2 Å². The number of benzene rings is 1. The van der Waals surface area contributed by atoms with Crippen molar-refractivity contribution in [2.45, 2.75) is 91.5 Å². The molecule has 1 aliphatic heterocycles. The van der Waals surface area contributed by atoms with Crippen LogP contribution >= 0.6 is 0 Å². The van der Waals surface area contributed by atoms with Crippen molar-refractivity contribution in [2.24, 2.45) is 11.3 Å². The Kier molecular flexibility index (Phi) is 6.89. The van der Waals surface area contributed by atoms with E-state index in [0.717, 1.165) is 16.7 Å². The van der Waals surface area contributed by atoms with Gasteiger partial charge in [0.25, 0.3) is 0 Å². The number of ketones is 1. The summed E-state index contributed by atoms with van der Waals surface area (Å²) in [5, 5.41) is 9.90. The lowest BCUT2D eigenvalue weighted by atomic mass is 9.77. The van der Waals surface area contributed by atoms with Crippen molar-refractivity contribution >= 4 is 17.7 Å². The maximum Gasteiger partial charge on any atom is 0.312 e. The summed E-state index contributed by atoms with van der Waals surface area (Å²) in [5.41, 5.74) is 2.81. The number of carbonyl (C=O) groups excluding carboxylic acids is 3. The minimum atomic E-state index is -0.676. The lowest BCUT2D eigenvalue weighted by Gasteiger charge is -2.34. The molecule has 1 aromatic rings. The van der Waals surface area contributed by atoms with Crippen LogP contribution in [0.1, 0.15) is 93.0 Å². The van der Waals surface area contributed by atoms with E-state index in [4.69, 9.17) is 9.47 Å². The monoisotopic (exact) mass is 430 g/mol. The summed E-state index contributed by atoms with van der Waals surface area (Å²) < 4.78 is 11.4. The first-order valence-electron chi connectivity index (χ1n) is 11.3. The van der Waals surface area contributed by atoms with Crippen LogP contribution in [0.2, 0.25) is 0 Å². The van der Waals surface area contributed by atoms with Crippen molar-refractivity contribution in [3.63, 3.8) is 0 Å². The number of fused-ring (bicyclic) bond motifs is 1. The molecule has 170 valence electrons. The highest BCUT2D eigenvalue weighted by molar-refractivity contribution is 6.00. The van der Waals surface area contributed by atoms with E-state index in [1.165, 1.54) is 0 Å². The molecule has 6 heteroatoms. The molecule has 0 saturated carbocycles. The predicted molar refractivity (Wildman–Crippen MR) is 116 cm³/mol. The number of carbonyl (C=O) groups is 3. The highest BCUT2D eigenvalue weighted by Gasteiger charge is 2.38. The van der Waals surface area contributed by atoms with Crippen molar-refractivity contribution in [3.05, 3.63) is 34.4 Å². The second kappa shape index (κ2) is 9.11. The van der Waals surface area contributed by atoms with Crippen LogP contribution in [0.25, 0.3) is 0 Å². The van der Waals surface area contributed by atoms with Crippen LogP contribution in [0, 0.1) is 18.3 Å². The summed E-state index contributed by atoms with van der Waals surface area (Å²) >= 11 is 0. The molecule has 2 aliphatic rings. The fourth-order valence-electron chi connectivity index (χ4n) is 4.38. The SMILES string of the molecule is CCC(C)(C)C(=O)O[C@H]1C[C@@H](C)C(=O)c2ccc(C)c(CC[C@@H]3C[C@@H](O)CC(=O)O3)c21. The average Bonchev–Trinajstić information content (AvgIpc) is 2.69. The van der Waals surface area contributed by atoms with Crippen LogP contribution in [0.5, 0.6) is 0 Å². The van der Waals surface area contributed by atoms with Gasteiger partial charge in [-0.05, 0) is 57.6 Å². The van der Waals surface area contributed by atoms with E-state index < -0.39 is 17.6 Å². The number of rotatable bonds is 6. The quantitative estimate of drug-likeness (QED) is 0.679. The van der Waals surface area contributed by atoms with Gasteiger partial charge in [-0.2, -0.15) is 0 Å². The zero-order valence-electron chi connectivity index (χ0n) is 19.2. The van der Waals surface area contributed by atoms with E-state index in [9.17, 15) is 19.5 Å². The Bertz CT molecular complexity index is 871. The number of esters is 2. The summed E-state index contributed by atoms with van der Waals surface area (Å²) in [6, 6.07) is 3.77. The number of aliphatic hydroxyl groups excluding tert-OH is 1. The maximum atomic E-state index is 12.9. The van der Waals surface area contributed by atoms with Crippen LogP contribution in [-0.4, -0.2) is 35.0 Å². The third kappa shape index (κ3) is 5.00. The smallest absolute Gasteiger partial charge is 0.312 e. The molecule has 4 atom stereocenters. The molecule has 31 heavy (non-hydrogen) atoms. The molecule has 0 aromatic heterocycles. The molecule has 0 radical (unpaired) electrons. The van der Waals surface area contributed by atoms with Gasteiger partial charge in [0.15, 0.2) is 5.78 Å². The molecule has 1 saturated heterocycles. The van der Waals surface area contributed by atoms with E-state index in [1.807, 2.05) is 46.8 Å². The minimum Gasteiger partial charge on any atom is -0.462 e. The first-order valence-corrected chi connectivity index (χ1v) is 11.3. The van der Waals surface area contributed by atoms with E-state index in [1.54, 1.807) is 0 Å². The van der Waals surface area contributed by atoms with Gasteiger partial charge in [0.2, 0.25) is 0 Å². The second-order valence-electron chi connectivity index (χ2n) is 9.70. The third-order valence-corrected chi connectivity index (χ3v) is 6.83. The topological polar surface area (TPSA) is 89.9 Å². The Morgan fingerprint density at radius 1 is 1.26 bits per heavy atom. The Labute approximate surface area is 184 Å². The Balaban J connectivity index is 1.91. The van der Waals surface area contributed by atoms with Gasteiger partial charge in [0.05, 0.1) is 17.9 Å². The molecule has 1 N–H and O–H groups in total. The number of ether oxygens (including phenoxy) is 2. The van der Waals surface area contributed by atoms with E-state index >= 15 is 0 Å². The van der Waals surface area contributed by atoms with Crippen LogP contribution in [-0.2, 0) is 25.5 Å². The molecule has 0 amide bonds. The van der Waals surface area contributed by atoms with E-state index in [2.05, 4.69) is 0 Å². The van der Waals surface area contributed by atoms with Crippen molar-refractivity contribution < 1.29 is 29.0 Å². The Hall–Kier alpha value is -2.21. The van der Waals surface area contributed by atoms with Crippen molar-refractivity contribution in [3.8, 4) is 0 Å². The molecule has 1 fully saturated rings. The molecule has 6 nitrogen and oxygen atoms in total. The van der Waals surface area contributed by atoms with Gasteiger partial charge >= 0.3 is 11.9 Å². The van der Waals surface area contributed by atoms with E-state index in [0.29, 0.717) is 37.7 Å². The summed E-state index contributed by atoms with van der Waals surface area (Å²) in [4.78, 5) is 37.4. The molecule has 1 heterocycles.